The first-order valence-electron chi connectivity index (χ1n) is 7.92. The molecule has 0 aliphatic heterocycles. The van der Waals surface area contributed by atoms with Gasteiger partial charge in [-0.15, -0.1) is 12.4 Å². The molecule has 0 radical (unpaired) electrons. The summed E-state index contributed by atoms with van der Waals surface area (Å²) in [7, 11) is 0. The molecule has 2 aromatic rings. The van der Waals surface area contributed by atoms with Crippen molar-refractivity contribution in [2.24, 2.45) is 5.73 Å². The van der Waals surface area contributed by atoms with Crippen LogP contribution in [0.3, 0.4) is 0 Å². The van der Waals surface area contributed by atoms with Gasteiger partial charge in [0, 0.05) is 25.3 Å². The zero-order valence-corrected chi connectivity index (χ0v) is 15.1. The number of carbonyl (C=O) groups is 1. The Bertz CT molecular complexity index is 646. The van der Waals surface area contributed by atoms with E-state index in [4.69, 9.17) is 5.73 Å². The van der Waals surface area contributed by atoms with Gasteiger partial charge in [0.15, 0.2) is 0 Å². The van der Waals surface area contributed by atoms with Crippen molar-refractivity contribution in [2.45, 2.75) is 20.4 Å². The summed E-state index contributed by atoms with van der Waals surface area (Å²) in [5.41, 5.74) is 10.1. The molecular formula is C19H26ClN3O. The van der Waals surface area contributed by atoms with Crippen LogP contribution in [0.4, 0.5) is 5.69 Å². The quantitative estimate of drug-likeness (QED) is 0.809. The number of hydrogen-bond acceptors (Lipinski definition) is 3. The lowest BCUT2D eigenvalue weighted by molar-refractivity contribution is -0.117. The minimum Gasteiger partial charge on any atom is -0.329 e. The standard InChI is InChI=1S/C19H25N3O.ClH/c1-15-8-9-18(12-16(15)2)21-19(23)14-22(11-10-20)13-17-6-4-3-5-7-17;/h3-9,12H,10-11,13-14,20H2,1-2H3,(H,21,23);1H. The summed E-state index contributed by atoms with van der Waals surface area (Å²) in [4.78, 5) is 14.4. The Hall–Kier alpha value is -1.88. The van der Waals surface area contributed by atoms with Gasteiger partial charge in [-0.3, -0.25) is 9.69 Å². The highest BCUT2D eigenvalue weighted by Crippen LogP contribution is 2.14. The number of carbonyl (C=O) groups excluding carboxylic acids is 1. The summed E-state index contributed by atoms with van der Waals surface area (Å²) >= 11 is 0. The van der Waals surface area contributed by atoms with Crippen LogP contribution in [0, 0.1) is 13.8 Å². The molecule has 0 bridgehead atoms. The maximum Gasteiger partial charge on any atom is 0.238 e. The second kappa shape index (κ2) is 10.1. The molecule has 4 nitrogen and oxygen atoms in total. The van der Waals surface area contributed by atoms with E-state index in [0.29, 0.717) is 19.6 Å². The summed E-state index contributed by atoms with van der Waals surface area (Å²) in [5.74, 6) is -0.0161. The largest absolute Gasteiger partial charge is 0.329 e. The average Bonchev–Trinajstić information content (AvgIpc) is 2.52. The van der Waals surface area contributed by atoms with Gasteiger partial charge in [0.25, 0.3) is 0 Å². The molecule has 0 saturated heterocycles. The fourth-order valence-electron chi connectivity index (χ4n) is 2.46. The molecule has 0 unspecified atom stereocenters. The highest BCUT2D eigenvalue weighted by Gasteiger charge is 2.11. The van der Waals surface area contributed by atoms with Crippen LogP contribution in [0.25, 0.3) is 0 Å². The van der Waals surface area contributed by atoms with Crippen LogP contribution in [0.5, 0.6) is 0 Å². The first-order chi connectivity index (χ1) is 11.1. The van der Waals surface area contributed by atoms with E-state index in [2.05, 4.69) is 29.3 Å². The first kappa shape index (κ1) is 20.2. The molecule has 0 spiro atoms. The number of aryl methyl sites for hydroxylation is 2. The van der Waals surface area contributed by atoms with Crippen molar-refractivity contribution in [3.05, 3.63) is 65.2 Å². The summed E-state index contributed by atoms with van der Waals surface area (Å²) < 4.78 is 0. The fourth-order valence-corrected chi connectivity index (χ4v) is 2.46. The van der Waals surface area contributed by atoms with Crippen molar-refractivity contribution in [3.63, 3.8) is 0 Å². The van der Waals surface area contributed by atoms with Crippen LogP contribution in [0.2, 0.25) is 0 Å². The van der Waals surface area contributed by atoms with Gasteiger partial charge < -0.3 is 11.1 Å². The zero-order valence-electron chi connectivity index (χ0n) is 14.3. The van der Waals surface area contributed by atoms with E-state index in [0.717, 1.165) is 12.2 Å². The van der Waals surface area contributed by atoms with Gasteiger partial charge in [0.1, 0.15) is 0 Å². The third-order valence-electron chi connectivity index (χ3n) is 3.85. The number of hydrogen-bond donors (Lipinski definition) is 2. The van der Waals surface area contributed by atoms with E-state index in [9.17, 15) is 4.79 Å². The van der Waals surface area contributed by atoms with Gasteiger partial charge in [-0.1, -0.05) is 36.4 Å². The monoisotopic (exact) mass is 347 g/mol. The second-order valence-corrected chi connectivity index (χ2v) is 5.83. The lowest BCUT2D eigenvalue weighted by atomic mass is 10.1. The first-order valence-corrected chi connectivity index (χ1v) is 7.92. The Morgan fingerprint density at radius 2 is 1.79 bits per heavy atom. The highest BCUT2D eigenvalue weighted by molar-refractivity contribution is 5.92. The highest BCUT2D eigenvalue weighted by atomic mass is 35.5. The third-order valence-corrected chi connectivity index (χ3v) is 3.85. The molecule has 0 saturated carbocycles. The molecule has 1 amide bonds. The van der Waals surface area contributed by atoms with E-state index in [1.807, 2.05) is 43.3 Å². The smallest absolute Gasteiger partial charge is 0.238 e. The van der Waals surface area contributed by atoms with Crippen LogP contribution in [0.15, 0.2) is 48.5 Å². The van der Waals surface area contributed by atoms with Gasteiger partial charge in [-0.25, -0.2) is 0 Å². The van der Waals surface area contributed by atoms with Gasteiger partial charge in [0.2, 0.25) is 5.91 Å². The van der Waals surface area contributed by atoms with Crippen LogP contribution in [0.1, 0.15) is 16.7 Å². The van der Waals surface area contributed by atoms with Crippen molar-refractivity contribution < 1.29 is 4.79 Å². The topological polar surface area (TPSA) is 58.4 Å². The predicted molar refractivity (Wildman–Crippen MR) is 103 cm³/mol. The minimum absolute atomic E-state index is 0. The van der Waals surface area contributed by atoms with Gasteiger partial charge in [-0.2, -0.15) is 0 Å². The van der Waals surface area contributed by atoms with Crippen LogP contribution >= 0.6 is 12.4 Å². The lowest BCUT2D eigenvalue weighted by Crippen LogP contribution is -2.36. The number of nitrogens with one attached hydrogen (secondary N) is 1. The molecular weight excluding hydrogens is 322 g/mol. The molecule has 2 aromatic carbocycles. The minimum atomic E-state index is -0.0161. The van der Waals surface area contributed by atoms with E-state index in [1.54, 1.807) is 0 Å². The van der Waals surface area contributed by atoms with Crippen molar-refractivity contribution in [1.29, 1.82) is 0 Å². The Labute approximate surface area is 150 Å². The molecule has 0 aromatic heterocycles. The molecule has 5 heteroatoms. The molecule has 3 N–H and O–H groups in total. The van der Waals surface area contributed by atoms with Crippen molar-refractivity contribution in [3.8, 4) is 0 Å². The fraction of sp³-hybridized carbons (Fsp3) is 0.316. The van der Waals surface area contributed by atoms with Crippen molar-refractivity contribution in [2.75, 3.05) is 25.0 Å². The number of amides is 1. The predicted octanol–water partition coefficient (Wildman–Crippen LogP) is 3.12. The summed E-state index contributed by atoms with van der Waals surface area (Å²) in [6.07, 6.45) is 0. The molecule has 0 aliphatic carbocycles. The van der Waals surface area contributed by atoms with Crippen molar-refractivity contribution in [1.82, 2.24) is 4.90 Å². The van der Waals surface area contributed by atoms with Gasteiger partial charge >= 0.3 is 0 Å². The van der Waals surface area contributed by atoms with Gasteiger partial charge in [0.05, 0.1) is 6.54 Å². The normalized spacial score (nSPS) is 10.3. The number of nitrogens with two attached hydrogens (primary N) is 1. The molecule has 0 aliphatic rings. The number of anilines is 1. The number of nitrogens with zero attached hydrogens (tertiary/aromatic N) is 1. The Balaban J connectivity index is 0.00000288. The Morgan fingerprint density at radius 1 is 1.08 bits per heavy atom. The summed E-state index contributed by atoms with van der Waals surface area (Å²) in [5, 5.41) is 2.96. The SMILES string of the molecule is Cc1ccc(NC(=O)CN(CCN)Cc2ccccc2)cc1C.Cl. The molecule has 0 atom stereocenters. The van der Waals surface area contributed by atoms with Crippen LogP contribution < -0.4 is 11.1 Å². The summed E-state index contributed by atoms with van der Waals surface area (Å²) in [6.45, 7) is 6.38. The Kier molecular flexibility index (Phi) is 8.47. The molecule has 2 rings (SSSR count). The maximum atomic E-state index is 12.3. The molecule has 0 heterocycles. The molecule has 130 valence electrons. The zero-order chi connectivity index (χ0) is 16.7. The third kappa shape index (κ3) is 6.32. The van der Waals surface area contributed by atoms with E-state index >= 15 is 0 Å². The van der Waals surface area contributed by atoms with Gasteiger partial charge in [-0.05, 0) is 42.7 Å². The van der Waals surface area contributed by atoms with Crippen LogP contribution in [-0.2, 0) is 11.3 Å². The maximum absolute atomic E-state index is 12.3. The lowest BCUT2D eigenvalue weighted by Gasteiger charge is -2.21. The average molecular weight is 348 g/mol. The van der Waals surface area contributed by atoms with Crippen molar-refractivity contribution >= 4 is 24.0 Å². The molecule has 24 heavy (non-hydrogen) atoms. The molecule has 0 fully saturated rings. The number of benzene rings is 2. The summed E-state index contributed by atoms with van der Waals surface area (Å²) in [6, 6.07) is 16.1. The van der Waals surface area contributed by atoms with E-state index < -0.39 is 0 Å². The number of halogens is 1. The van der Waals surface area contributed by atoms with Crippen LogP contribution in [-0.4, -0.2) is 30.4 Å². The number of rotatable bonds is 7. The van der Waals surface area contributed by atoms with E-state index in [-0.39, 0.29) is 18.3 Å². The van der Waals surface area contributed by atoms with E-state index in [1.165, 1.54) is 16.7 Å². The Morgan fingerprint density at radius 3 is 2.42 bits per heavy atom. The second-order valence-electron chi connectivity index (χ2n) is 5.83.